The zero-order valence-electron chi connectivity index (χ0n) is 10.5. The highest BCUT2D eigenvalue weighted by Crippen LogP contribution is 2.27. The van der Waals surface area contributed by atoms with Crippen molar-refractivity contribution >= 4 is 15.7 Å². The van der Waals surface area contributed by atoms with Gasteiger partial charge in [-0.2, -0.15) is 0 Å². The third kappa shape index (κ3) is 3.10. The van der Waals surface area contributed by atoms with Gasteiger partial charge in [0, 0.05) is 20.2 Å². The molecule has 0 aromatic heterocycles. The standard InChI is InChI=1S/C11H18N2O3S/c1-8(2)16-11-7-9(5-6-10(11)12)17(14,15)13(3)4/h5-8H,12H2,1-4H3. The van der Waals surface area contributed by atoms with Gasteiger partial charge in [0.15, 0.2) is 0 Å². The number of ether oxygens (including phenoxy) is 1. The van der Waals surface area contributed by atoms with Crippen LogP contribution in [0.15, 0.2) is 23.1 Å². The highest BCUT2D eigenvalue weighted by atomic mass is 32.2. The molecule has 0 aliphatic rings. The van der Waals surface area contributed by atoms with Crippen molar-refractivity contribution in [3.63, 3.8) is 0 Å². The van der Waals surface area contributed by atoms with E-state index in [1.54, 1.807) is 0 Å². The topological polar surface area (TPSA) is 72.6 Å². The van der Waals surface area contributed by atoms with Gasteiger partial charge in [-0.25, -0.2) is 12.7 Å². The fraction of sp³-hybridized carbons (Fsp3) is 0.455. The number of benzene rings is 1. The number of sulfonamides is 1. The quantitative estimate of drug-likeness (QED) is 0.826. The van der Waals surface area contributed by atoms with Crippen LogP contribution in [-0.4, -0.2) is 32.9 Å². The largest absolute Gasteiger partial charge is 0.489 e. The van der Waals surface area contributed by atoms with E-state index in [0.29, 0.717) is 11.4 Å². The van der Waals surface area contributed by atoms with Gasteiger partial charge in [-0.15, -0.1) is 0 Å². The Kier molecular flexibility index (Phi) is 4.00. The van der Waals surface area contributed by atoms with Crippen LogP contribution in [0.3, 0.4) is 0 Å². The Morgan fingerprint density at radius 2 is 1.88 bits per heavy atom. The molecule has 0 spiro atoms. The SMILES string of the molecule is CC(C)Oc1cc(S(=O)(=O)N(C)C)ccc1N. The molecule has 0 radical (unpaired) electrons. The van der Waals surface area contributed by atoms with Crippen molar-refractivity contribution in [2.24, 2.45) is 0 Å². The van der Waals surface area contributed by atoms with E-state index in [9.17, 15) is 8.42 Å². The van der Waals surface area contributed by atoms with Crippen LogP contribution in [0.2, 0.25) is 0 Å². The normalized spacial score (nSPS) is 12.1. The molecule has 1 rings (SSSR count). The predicted octanol–water partition coefficient (Wildman–Crippen LogP) is 1.31. The van der Waals surface area contributed by atoms with Crippen LogP contribution in [0.5, 0.6) is 5.75 Å². The van der Waals surface area contributed by atoms with Gasteiger partial charge in [0.25, 0.3) is 0 Å². The lowest BCUT2D eigenvalue weighted by Gasteiger charge is -2.15. The van der Waals surface area contributed by atoms with Crippen molar-refractivity contribution in [3.05, 3.63) is 18.2 Å². The highest BCUT2D eigenvalue weighted by molar-refractivity contribution is 7.89. The number of hydrogen-bond acceptors (Lipinski definition) is 4. The third-order valence-corrected chi connectivity index (χ3v) is 3.94. The second-order valence-corrected chi connectivity index (χ2v) is 6.31. The second kappa shape index (κ2) is 4.93. The van der Waals surface area contributed by atoms with Crippen LogP contribution in [0.4, 0.5) is 5.69 Å². The summed E-state index contributed by atoms with van der Waals surface area (Å²) in [6.45, 7) is 3.71. The Balaban J connectivity index is 3.22. The van der Waals surface area contributed by atoms with E-state index < -0.39 is 10.0 Å². The number of rotatable bonds is 4. The summed E-state index contributed by atoms with van der Waals surface area (Å²) in [5.41, 5.74) is 6.15. The summed E-state index contributed by atoms with van der Waals surface area (Å²) in [5.74, 6) is 0.392. The molecule has 0 aliphatic heterocycles. The third-order valence-electron chi connectivity index (χ3n) is 2.13. The van der Waals surface area contributed by atoms with E-state index in [1.807, 2.05) is 13.8 Å². The molecule has 1 aromatic rings. The maximum absolute atomic E-state index is 11.9. The van der Waals surface area contributed by atoms with E-state index in [4.69, 9.17) is 10.5 Å². The lowest BCUT2D eigenvalue weighted by molar-refractivity contribution is 0.243. The predicted molar refractivity (Wildman–Crippen MR) is 67.5 cm³/mol. The van der Waals surface area contributed by atoms with Gasteiger partial charge in [-0.3, -0.25) is 0 Å². The molecular weight excluding hydrogens is 240 g/mol. The maximum atomic E-state index is 11.9. The summed E-state index contributed by atoms with van der Waals surface area (Å²) in [6.07, 6.45) is -0.0605. The molecule has 0 atom stereocenters. The molecule has 2 N–H and O–H groups in total. The van der Waals surface area contributed by atoms with Gasteiger partial charge in [0.2, 0.25) is 10.0 Å². The minimum Gasteiger partial charge on any atom is -0.489 e. The molecule has 0 heterocycles. The number of hydrogen-bond donors (Lipinski definition) is 1. The number of nitrogens with zero attached hydrogens (tertiary/aromatic N) is 1. The van der Waals surface area contributed by atoms with Crippen LogP contribution in [0.1, 0.15) is 13.8 Å². The Morgan fingerprint density at radius 3 is 2.35 bits per heavy atom. The molecule has 0 bridgehead atoms. The first-order valence-electron chi connectivity index (χ1n) is 5.24. The fourth-order valence-corrected chi connectivity index (χ4v) is 2.16. The Bertz CT molecular complexity index is 495. The van der Waals surface area contributed by atoms with Crippen molar-refractivity contribution in [2.75, 3.05) is 19.8 Å². The van der Waals surface area contributed by atoms with Crippen LogP contribution in [0.25, 0.3) is 0 Å². The molecule has 0 unspecified atom stereocenters. The first kappa shape index (κ1) is 13.8. The lowest BCUT2D eigenvalue weighted by Crippen LogP contribution is -2.22. The van der Waals surface area contributed by atoms with Gasteiger partial charge >= 0.3 is 0 Å². The smallest absolute Gasteiger partial charge is 0.242 e. The Morgan fingerprint density at radius 1 is 1.29 bits per heavy atom. The summed E-state index contributed by atoms with van der Waals surface area (Å²) in [7, 11) is -0.493. The Hall–Kier alpha value is -1.27. The number of anilines is 1. The van der Waals surface area contributed by atoms with Crippen LogP contribution in [-0.2, 0) is 10.0 Å². The van der Waals surface area contributed by atoms with Gasteiger partial charge < -0.3 is 10.5 Å². The van der Waals surface area contributed by atoms with E-state index in [1.165, 1.54) is 32.3 Å². The monoisotopic (exact) mass is 258 g/mol. The zero-order valence-corrected chi connectivity index (χ0v) is 11.3. The summed E-state index contributed by atoms with van der Waals surface area (Å²) in [5, 5.41) is 0. The molecular formula is C11H18N2O3S. The van der Waals surface area contributed by atoms with E-state index in [2.05, 4.69) is 0 Å². The lowest BCUT2D eigenvalue weighted by atomic mass is 10.3. The molecule has 0 saturated heterocycles. The minimum absolute atomic E-state index is 0.0605. The summed E-state index contributed by atoms with van der Waals surface area (Å²) >= 11 is 0. The summed E-state index contributed by atoms with van der Waals surface area (Å²) < 4.78 is 30.4. The van der Waals surface area contributed by atoms with Gasteiger partial charge in [-0.05, 0) is 26.0 Å². The van der Waals surface area contributed by atoms with Gasteiger partial charge in [0.05, 0.1) is 16.7 Å². The van der Waals surface area contributed by atoms with E-state index in [0.717, 1.165) is 4.31 Å². The van der Waals surface area contributed by atoms with E-state index in [-0.39, 0.29) is 11.0 Å². The van der Waals surface area contributed by atoms with Gasteiger partial charge in [-0.1, -0.05) is 0 Å². The molecule has 17 heavy (non-hydrogen) atoms. The average Bonchev–Trinajstić information content (AvgIpc) is 2.20. The average molecular weight is 258 g/mol. The molecule has 1 aromatic carbocycles. The molecule has 0 fully saturated rings. The molecule has 0 aliphatic carbocycles. The van der Waals surface area contributed by atoms with Crippen molar-refractivity contribution in [3.8, 4) is 5.75 Å². The van der Waals surface area contributed by atoms with Crippen molar-refractivity contribution < 1.29 is 13.2 Å². The first-order valence-corrected chi connectivity index (χ1v) is 6.68. The molecule has 6 heteroatoms. The highest BCUT2D eigenvalue weighted by Gasteiger charge is 2.18. The Labute approximate surface area is 102 Å². The van der Waals surface area contributed by atoms with E-state index >= 15 is 0 Å². The summed E-state index contributed by atoms with van der Waals surface area (Å²) in [4.78, 5) is 0.173. The van der Waals surface area contributed by atoms with Crippen molar-refractivity contribution in [2.45, 2.75) is 24.8 Å². The molecule has 5 nitrogen and oxygen atoms in total. The van der Waals surface area contributed by atoms with Crippen LogP contribution in [0, 0.1) is 0 Å². The minimum atomic E-state index is -3.45. The second-order valence-electron chi connectivity index (χ2n) is 4.15. The maximum Gasteiger partial charge on any atom is 0.242 e. The van der Waals surface area contributed by atoms with Crippen LogP contribution < -0.4 is 10.5 Å². The van der Waals surface area contributed by atoms with Crippen molar-refractivity contribution in [1.82, 2.24) is 4.31 Å². The number of nitrogen functional groups attached to an aromatic ring is 1. The molecule has 96 valence electrons. The van der Waals surface area contributed by atoms with Crippen molar-refractivity contribution in [1.29, 1.82) is 0 Å². The summed E-state index contributed by atoms with van der Waals surface area (Å²) in [6, 6.07) is 4.45. The number of nitrogens with two attached hydrogens (primary N) is 1. The van der Waals surface area contributed by atoms with Crippen LogP contribution >= 0.6 is 0 Å². The molecule has 0 saturated carbocycles. The fourth-order valence-electron chi connectivity index (χ4n) is 1.24. The van der Waals surface area contributed by atoms with Gasteiger partial charge in [0.1, 0.15) is 5.75 Å². The zero-order chi connectivity index (χ0) is 13.2. The first-order chi connectivity index (χ1) is 7.75. The molecule has 0 amide bonds.